The number of hydrogen-bond acceptors (Lipinski definition) is 3. The molecule has 204 valence electrons. The van der Waals surface area contributed by atoms with Gasteiger partial charge in [0.25, 0.3) is 5.91 Å². The molecule has 0 saturated heterocycles. The quantitative estimate of drug-likeness (QED) is 0.245. The molecule has 0 unspecified atom stereocenters. The van der Waals surface area contributed by atoms with E-state index in [-0.39, 0.29) is 23.8 Å². The van der Waals surface area contributed by atoms with Crippen LogP contribution in [-0.4, -0.2) is 39.6 Å². The van der Waals surface area contributed by atoms with Crippen molar-refractivity contribution in [3.63, 3.8) is 0 Å². The highest BCUT2D eigenvalue weighted by atomic mass is 35.5. The Kier molecular flexibility index (Phi) is 10.5. The van der Waals surface area contributed by atoms with Gasteiger partial charge in [-0.25, -0.2) is 4.68 Å². The van der Waals surface area contributed by atoms with Gasteiger partial charge in [0.2, 0.25) is 5.91 Å². The molecule has 38 heavy (non-hydrogen) atoms. The van der Waals surface area contributed by atoms with E-state index in [4.69, 9.17) is 16.7 Å². The summed E-state index contributed by atoms with van der Waals surface area (Å²) in [6, 6.07) is 17.1. The van der Waals surface area contributed by atoms with Gasteiger partial charge in [0.05, 0.1) is 16.4 Å². The van der Waals surface area contributed by atoms with Crippen LogP contribution < -0.4 is 5.32 Å². The number of rotatable bonds is 12. The molecule has 0 aliphatic carbocycles. The minimum Gasteiger partial charge on any atom is -0.329 e. The summed E-state index contributed by atoms with van der Waals surface area (Å²) in [7, 11) is 0. The lowest BCUT2D eigenvalue weighted by Crippen LogP contribution is -2.39. The fourth-order valence-electron chi connectivity index (χ4n) is 4.18. The van der Waals surface area contributed by atoms with Crippen molar-refractivity contribution in [3.05, 3.63) is 76.4 Å². The van der Waals surface area contributed by atoms with Gasteiger partial charge in [0.1, 0.15) is 12.4 Å². The van der Waals surface area contributed by atoms with E-state index < -0.39 is 0 Å². The minimum absolute atomic E-state index is 0.0430. The molecule has 0 fully saturated rings. The second kappa shape index (κ2) is 13.6. The number of anilines is 1. The Morgan fingerprint density at radius 1 is 0.974 bits per heavy atom. The van der Waals surface area contributed by atoms with E-state index in [2.05, 4.69) is 39.9 Å². The Balaban J connectivity index is 1.82. The maximum atomic E-state index is 13.4. The van der Waals surface area contributed by atoms with Crippen LogP contribution in [0.5, 0.6) is 0 Å². The van der Waals surface area contributed by atoms with Crippen LogP contribution in [0.25, 0.3) is 5.69 Å². The van der Waals surface area contributed by atoms with Gasteiger partial charge in [-0.3, -0.25) is 9.59 Å². The zero-order chi connectivity index (χ0) is 27.7. The van der Waals surface area contributed by atoms with Crippen LogP contribution in [0.2, 0.25) is 5.02 Å². The Hall–Kier alpha value is -3.12. The number of benzene rings is 2. The Labute approximate surface area is 232 Å². The zero-order valence-electron chi connectivity index (χ0n) is 23.4. The van der Waals surface area contributed by atoms with Gasteiger partial charge >= 0.3 is 0 Å². The molecule has 0 bridgehead atoms. The van der Waals surface area contributed by atoms with Gasteiger partial charge in [-0.2, -0.15) is 5.10 Å². The zero-order valence-corrected chi connectivity index (χ0v) is 24.1. The number of aromatic nitrogens is 2. The van der Waals surface area contributed by atoms with Gasteiger partial charge in [-0.1, -0.05) is 89.7 Å². The van der Waals surface area contributed by atoms with Gasteiger partial charge < -0.3 is 10.2 Å². The summed E-state index contributed by atoms with van der Waals surface area (Å²) in [4.78, 5) is 28.4. The predicted molar refractivity (Wildman–Crippen MR) is 156 cm³/mol. The van der Waals surface area contributed by atoms with E-state index in [1.165, 1.54) is 5.56 Å². The lowest BCUT2D eigenvalue weighted by atomic mass is 9.92. The molecule has 3 aromatic rings. The van der Waals surface area contributed by atoms with Crippen LogP contribution >= 0.6 is 11.6 Å². The van der Waals surface area contributed by atoms with Crippen LogP contribution in [0.4, 0.5) is 5.82 Å². The van der Waals surface area contributed by atoms with Crippen molar-refractivity contribution in [1.29, 1.82) is 0 Å². The van der Waals surface area contributed by atoms with E-state index in [9.17, 15) is 9.59 Å². The summed E-state index contributed by atoms with van der Waals surface area (Å²) in [5, 5.41) is 8.28. The molecule has 1 N–H and O–H groups in total. The topological polar surface area (TPSA) is 67.2 Å². The van der Waals surface area contributed by atoms with E-state index in [0.29, 0.717) is 28.6 Å². The molecular formula is C31H41ClN4O2. The summed E-state index contributed by atoms with van der Waals surface area (Å²) in [5.41, 5.74) is 3.11. The maximum absolute atomic E-state index is 13.4. The molecule has 7 heteroatoms. The summed E-state index contributed by atoms with van der Waals surface area (Å²) in [6.45, 7) is 11.0. The highest BCUT2D eigenvalue weighted by Gasteiger charge is 2.24. The number of hydrogen-bond donors (Lipinski definition) is 1. The Bertz CT molecular complexity index is 1210. The molecule has 0 spiro atoms. The molecule has 3 rings (SSSR count). The molecule has 0 aliphatic heterocycles. The second-order valence-electron chi connectivity index (χ2n) is 10.8. The van der Waals surface area contributed by atoms with E-state index in [1.807, 2.05) is 48.5 Å². The first kappa shape index (κ1) is 29.4. The SMILES string of the molecule is CCCCCN(CC(=O)Nc1cc(C(C)(C)C)nn1-c1ccccc1Cl)C(=O)c1ccc(CCCC)cc1. The van der Waals surface area contributed by atoms with Gasteiger partial charge in [-0.15, -0.1) is 0 Å². The summed E-state index contributed by atoms with van der Waals surface area (Å²) >= 11 is 6.47. The number of amides is 2. The van der Waals surface area contributed by atoms with Gasteiger partial charge in [0.15, 0.2) is 0 Å². The molecule has 0 atom stereocenters. The number of aryl methyl sites for hydroxylation is 1. The largest absolute Gasteiger partial charge is 0.329 e. The van der Waals surface area contributed by atoms with Crippen molar-refractivity contribution in [2.24, 2.45) is 0 Å². The third-order valence-electron chi connectivity index (χ3n) is 6.50. The van der Waals surface area contributed by atoms with Crippen LogP contribution in [-0.2, 0) is 16.6 Å². The lowest BCUT2D eigenvalue weighted by molar-refractivity contribution is -0.117. The third-order valence-corrected chi connectivity index (χ3v) is 6.82. The molecule has 2 aromatic carbocycles. The Morgan fingerprint density at radius 3 is 2.29 bits per heavy atom. The lowest BCUT2D eigenvalue weighted by Gasteiger charge is -2.22. The first-order chi connectivity index (χ1) is 18.1. The normalized spacial score (nSPS) is 11.4. The van der Waals surface area contributed by atoms with Crippen LogP contribution in [0.15, 0.2) is 54.6 Å². The number of carbonyl (C=O) groups excluding carboxylic acids is 2. The highest BCUT2D eigenvalue weighted by molar-refractivity contribution is 6.32. The van der Waals surface area contributed by atoms with Gasteiger partial charge in [-0.05, 0) is 49.1 Å². The standard InChI is InChI=1S/C31H41ClN4O2/c1-6-8-12-20-35(30(38)24-18-16-23(17-19-24)13-9-7-2)22-29(37)33-28-21-27(31(3,4)5)34-36(28)26-15-11-10-14-25(26)32/h10-11,14-19,21H,6-9,12-13,20,22H2,1-5H3,(H,33,37). The Morgan fingerprint density at radius 2 is 1.66 bits per heavy atom. The molecular weight excluding hydrogens is 496 g/mol. The van der Waals surface area contributed by atoms with Crippen LogP contribution in [0.3, 0.4) is 0 Å². The number of halogens is 1. The maximum Gasteiger partial charge on any atom is 0.254 e. The number of carbonyl (C=O) groups is 2. The molecule has 1 aromatic heterocycles. The molecule has 6 nitrogen and oxygen atoms in total. The first-order valence-electron chi connectivity index (χ1n) is 13.7. The van der Waals surface area contributed by atoms with Crippen molar-refractivity contribution in [2.75, 3.05) is 18.4 Å². The summed E-state index contributed by atoms with van der Waals surface area (Å²) in [6.07, 6.45) is 6.13. The summed E-state index contributed by atoms with van der Waals surface area (Å²) < 4.78 is 1.67. The predicted octanol–water partition coefficient (Wildman–Crippen LogP) is 7.44. The molecule has 2 amide bonds. The first-order valence-corrected chi connectivity index (χ1v) is 14.0. The molecule has 0 aliphatic rings. The third kappa shape index (κ3) is 7.94. The molecule has 1 heterocycles. The number of nitrogens with zero attached hydrogens (tertiary/aromatic N) is 3. The van der Waals surface area contributed by atoms with Crippen molar-refractivity contribution in [2.45, 2.75) is 78.6 Å². The smallest absolute Gasteiger partial charge is 0.254 e. The summed E-state index contributed by atoms with van der Waals surface area (Å²) in [5.74, 6) is 0.116. The molecule has 0 radical (unpaired) electrons. The van der Waals surface area contributed by atoms with Gasteiger partial charge in [0, 0.05) is 23.6 Å². The second-order valence-corrected chi connectivity index (χ2v) is 11.2. The average molecular weight is 537 g/mol. The van der Waals surface area contributed by atoms with Crippen LogP contribution in [0, 0.1) is 0 Å². The monoisotopic (exact) mass is 536 g/mol. The fraction of sp³-hybridized carbons (Fsp3) is 0.452. The highest BCUT2D eigenvalue weighted by Crippen LogP contribution is 2.29. The number of unbranched alkanes of at least 4 members (excludes halogenated alkanes) is 3. The number of para-hydroxylation sites is 1. The van der Waals surface area contributed by atoms with E-state index in [1.54, 1.807) is 15.6 Å². The minimum atomic E-state index is -0.275. The van der Waals surface area contributed by atoms with E-state index in [0.717, 1.165) is 44.2 Å². The number of nitrogens with one attached hydrogen (secondary N) is 1. The fourth-order valence-corrected chi connectivity index (χ4v) is 4.40. The van der Waals surface area contributed by atoms with Crippen LogP contribution in [0.1, 0.15) is 88.3 Å². The van der Waals surface area contributed by atoms with E-state index >= 15 is 0 Å². The van der Waals surface area contributed by atoms with Crippen molar-refractivity contribution in [3.8, 4) is 5.69 Å². The van der Waals surface area contributed by atoms with Crippen molar-refractivity contribution in [1.82, 2.24) is 14.7 Å². The molecule has 0 saturated carbocycles. The average Bonchev–Trinajstić information content (AvgIpc) is 3.31. The van der Waals surface area contributed by atoms with Crippen molar-refractivity contribution >= 4 is 29.2 Å². The van der Waals surface area contributed by atoms with Crippen molar-refractivity contribution < 1.29 is 9.59 Å².